The highest BCUT2D eigenvalue weighted by atomic mass is 79.9. The molecule has 0 fully saturated rings. The summed E-state index contributed by atoms with van der Waals surface area (Å²) in [5, 5.41) is 11.2. The zero-order valence-electron chi connectivity index (χ0n) is 11.9. The van der Waals surface area contributed by atoms with Crippen molar-refractivity contribution in [3.8, 4) is 0 Å². The van der Waals surface area contributed by atoms with Gasteiger partial charge in [0.05, 0.1) is 10.1 Å². The topological polar surface area (TPSA) is 20.2 Å². The molecule has 1 nitrogen and oxygen atoms in total. The highest BCUT2D eigenvalue weighted by Gasteiger charge is 2.37. The summed E-state index contributed by atoms with van der Waals surface area (Å²) >= 11 is 3.30. The Balaban J connectivity index is 2.02. The molecule has 0 aromatic heterocycles. The lowest BCUT2D eigenvalue weighted by Crippen LogP contribution is -2.34. The van der Waals surface area contributed by atoms with Crippen LogP contribution in [0.5, 0.6) is 0 Å². The summed E-state index contributed by atoms with van der Waals surface area (Å²) in [6.07, 6.45) is 2.07. The van der Waals surface area contributed by atoms with Gasteiger partial charge in [0.15, 0.2) is 0 Å². The molecular formula is C18H18BrFO. The van der Waals surface area contributed by atoms with Crippen LogP contribution in [-0.4, -0.2) is 5.11 Å². The Morgan fingerprint density at radius 2 is 2.00 bits per heavy atom. The average molecular weight is 349 g/mol. The summed E-state index contributed by atoms with van der Waals surface area (Å²) in [6.45, 7) is 2.19. The summed E-state index contributed by atoms with van der Waals surface area (Å²) in [5.41, 5.74) is 2.08. The van der Waals surface area contributed by atoms with Gasteiger partial charge in [0.25, 0.3) is 0 Å². The van der Waals surface area contributed by atoms with Crippen molar-refractivity contribution in [1.29, 1.82) is 0 Å². The molecule has 0 amide bonds. The Morgan fingerprint density at radius 1 is 1.24 bits per heavy atom. The number of rotatable bonds is 2. The first-order valence-electron chi connectivity index (χ1n) is 7.26. The highest BCUT2D eigenvalue weighted by molar-refractivity contribution is 9.10. The van der Waals surface area contributed by atoms with Crippen molar-refractivity contribution in [2.24, 2.45) is 0 Å². The zero-order chi connectivity index (χ0) is 15.0. The first kappa shape index (κ1) is 14.7. The fourth-order valence-corrected chi connectivity index (χ4v) is 3.68. The normalized spacial score (nSPS) is 24.7. The number of halogens is 2. The number of hydrogen-bond acceptors (Lipinski definition) is 1. The van der Waals surface area contributed by atoms with Gasteiger partial charge in [-0.3, -0.25) is 0 Å². The molecule has 0 saturated heterocycles. The summed E-state index contributed by atoms with van der Waals surface area (Å²) in [5.74, 6) is 0.172. The molecule has 0 aliphatic heterocycles. The number of aliphatic hydroxyl groups is 1. The maximum atomic E-state index is 13.7. The van der Waals surface area contributed by atoms with Gasteiger partial charge in [-0.25, -0.2) is 4.39 Å². The standard InChI is InChI=1S/C18H18BrFO/c1-12-9-10-18(21,15-7-3-2-6-14(12)15)11-13-5-4-8-16(20)17(13)19/h2-8,12,21H,9-11H2,1H3. The zero-order valence-corrected chi connectivity index (χ0v) is 13.5. The molecule has 2 atom stereocenters. The second-order valence-electron chi connectivity index (χ2n) is 5.95. The highest BCUT2D eigenvalue weighted by Crippen LogP contribution is 2.43. The molecule has 3 rings (SSSR count). The van der Waals surface area contributed by atoms with Crippen molar-refractivity contribution in [2.45, 2.75) is 37.7 Å². The lowest BCUT2D eigenvalue weighted by molar-refractivity contribution is 0.0157. The Hall–Kier alpha value is -1.19. The van der Waals surface area contributed by atoms with Gasteiger partial charge in [-0.15, -0.1) is 0 Å². The van der Waals surface area contributed by atoms with E-state index in [1.165, 1.54) is 11.6 Å². The SMILES string of the molecule is CC1CCC(O)(Cc2cccc(F)c2Br)c2ccccc21. The summed E-state index contributed by atoms with van der Waals surface area (Å²) in [7, 11) is 0. The Morgan fingerprint density at radius 3 is 2.81 bits per heavy atom. The molecule has 1 N–H and O–H groups in total. The van der Waals surface area contributed by atoms with Gasteiger partial charge in [-0.2, -0.15) is 0 Å². The van der Waals surface area contributed by atoms with E-state index in [9.17, 15) is 9.50 Å². The van der Waals surface area contributed by atoms with E-state index in [4.69, 9.17) is 0 Å². The van der Waals surface area contributed by atoms with Crippen LogP contribution in [0.2, 0.25) is 0 Å². The smallest absolute Gasteiger partial charge is 0.137 e. The van der Waals surface area contributed by atoms with E-state index in [-0.39, 0.29) is 5.82 Å². The third-order valence-corrected chi connectivity index (χ3v) is 5.39. The molecule has 0 saturated carbocycles. The van der Waals surface area contributed by atoms with E-state index in [0.717, 1.165) is 17.5 Å². The van der Waals surface area contributed by atoms with E-state index in [0.29, 0.717) is 23.2 Å². The lowest BCUT2D eigenvalue weighted by atomic mass is 9.72. The minimum Gasteiger partial charge on any atom is -0.385 e. The van der Waals surface area contributed by atoms with Crippen molar-refractivity contribution in [3.05, 3.63) is 69.4 Å². The lowest BCUT2D eigenvalue weighted by Gasteiger charge is -2.37. The second-order valence-corrected chi connectivity index (χ2v) is 6.74. The molecule has 2 aromatic rings. The van der Waals surface area contributed by atoms with Crippen LogP contribution in [-0.2, 0) is 12.0 Å². The van der Waals surface area contributed by atoms with Crippen molar-refractivity contribution >= 4 is 15.9 Å². The van der Waals surface area contributed by atoms with Crippen LogP contribution in [0.15, 0.2) is 46.9 Å². The average Bonchev–Trinajstić information content (AvgIpc) is 2.49. The minimum absolute atomic E-state index is 0.284. The fourth-order valence-electron chi connectivity index (χ4n) is 3.28. The van der Waals surface area contributed by atoms with Crippen molar-refractivity contribution in [2.75, 3.05) is 0 Å². The molecule has 1 aliphatic carbocycles. The van der Waals surface area contributed by atoms with Gasteiger partial charge in [0.1, 0.15) is 5.82 Å². The summed E-state index contributed by atoms with van der Waals surface area (Å²) < 4.78 is 14.1. The van der Waals surface area contributed by atoms with E-state index in [2.05, 4.69) is 28.9 Å². The monoisotopic (exact) mass is 348 g/mol. The molecule has 1 aliphatic rings. The minimum atomic E-state index is -0.917. The van der Waals surface area contributed by atoms with Crippen LogP contribution in [0.1, 0.15) is 42.4 Å². The van der Waals surface area contributed by atoms with Crippen molar-refractivity contribution in [1.82, 2.24) is 0 Å². The second kappa shape index (κ2) is 5.54. The molecule has 0 bridgehead atoms. The number of benzene rings is 2. The predicted molar refractivity (Wildman–Crippen MR) is 85.8 cm³/mol. The van der Waals surface area contributed by atoms with Crippen LogP contribution in [0.4, 0.5) is 4.39 Å². The quantitative estimate of drug-likeness (QED) is 0.816. The van der Waals surface area contributed by atoms with Crippen LogP contribution in [0.25, 0.3) is 0 Å². The van der Waals surface area contributed by atoms with E-state index in [1.54, 1.807) is 6.07 Å². The fraction of sp³-hybridized carbons (Fsp3) is 0.333. The van der Waals surface area contributed by atoms with Crippen molar-refractivity contribution in [3.63, 3.8) is 0 Å². The molecular weight excluding hydrogens is 331 g/mol. The largest absolute Gasteiger partial charge is 0.385 e. The Labute approximate surface area is 132 Å². The molecule has 2 unspecified atom stereocenters. The van der Waals surface area contributed by atoms with Gasteiger partial charge >= 0.3 is 0 Å². The van der Waals surface area contributed by atoms with Gasteiger partial charge in [0, 0.05) is 6.42 Å². The van der Waals surface area contributed by atoms with Gasteiger partial charge in [0.2, 0.25) is 0 Å². The number of hydrogen-bond donors (Lipinski definition) is 1. The van der Waals surface area contributed by atoms with Gasteiger partial charge in [-0.1, -0.05) is 43.3 Å². The van der Waals surface area contributed by atoms with Crippen LogP contribution >= 0.6 is 15.9 Å². The first-order valence-corrected chi connectivity index (χ1v) is 8.05. The molecule has 2 aromatic carbocycles. The molecule has 0 spiro atoms. The molecule has 110 valence electrons. The van der Waals surface area contributed by atoms with Crippen LogP contribution in [0, 0.1) is 5.82 Å². The van der Waals surface area contributed by atoms with Crippen LogP contribution < -0.4 is 0 Å². The van der Waals surface area contributed by atoms with E-state index >= 15 is 0 Å². The van der Waals surface area contributed by atoms with Gasteiger partial charge in [-0.05, 0) is 57.4 Å². The number of fused-ring (bicyclic) bond motifs is 1. The van der Waals surface area contributed by atoms with Crippen LogP contribution in [0.3, 0.4) is 0 Å². The molecule has 21 heavy (non-hydrogen) atoms. The summed E-state index contributed by atoms with van der Waals surface area (Å²) in [6, 6.07) is 13.0. The maximum absolute atomic E-state index is 13.7. The Bertz CT molecular complexity index is 670. The first-order chi connectivity index (χ1) is 10.0. The predicted octanol–water partition coefficient (Wildman–Crippen LogP) is 4.92. The molecule has 0 heterocycles. The molecule has 3 heteroatoms. The third kappa shape index (κ3) is 2.65. The molecule has 0 radical (unpaired) electrons. The summed E-state index contributed by atoms with van der Waals surface area (Å²) in [4.78, 5) is 0. The van der Waals surface area contributed by atoms with E-state index < -0.39 is 5.60 Å². The van der Waals surface area contributed by atoms with Gasteiger partial charge < -0.3 is 5.11 Å². The maximum Gasteiger partial charge on any atom is 0.137 e. The third-order valence-electron chi connectivity index (χ3n) is 4.50. The Kier molecular flexibility index (Phi) is 3.89. The van der Waals surface area contributed by atoms with E-state index in [1.807, 2.05) is 24.3 Å². The van der Waals surface area contributed by atoms with Crippen molar-refractivity contribution < 1.29 is 9.50 Å².